The molecule has 0 spiro atoms. The zero-order chi connectivity index (χ0) is 42.6. The Hall–Kier alpha value is -7.36. The van der Waals surface area contributed by atoms with Crippen LogP contribution in [-0.2, 0) is 5.41 Å². The Labute approximate surface area is 379 Å². The number of para-hydroxylation sites is 4. The van der Waals surface area contributed by atoms with Gasteiger partial charge in [-0.2, -0.15) is 0 Å². The fourth-order valence-corrected chi connectivity index (χ4v) is 13.3. The number of aromatic nitrogens is 1. The summed E-state index contributed by atoms with van der Waals surface area (Å²) in [5.41, 5.74) is 15.6. The summed E-state index contributed by atoms with van der Waals surface area (Å²) >= 11 is 0. The van der Waals surface area contributed by atoms with E-state index in [0.29, 0.717) is 0 Å². The van der Waals surface area contributed by atoms with E-state index in [2.05, 4.69) is 204 Å². The summed E-state index contributed by atoms with van der Waals surface area (Å²) in [5, 5.41) is 7.39. The van der Waals surface area contributed by atoms with Crippen LogP contribution in [0.4, 0.5) is 17.1 Å². The minimum absolute atomic E-state index is 0.236. The molecule has 11 aromatic rings. The lowest BCUT2D eigenvalue weighted by Gasteiger charge is -2.57. The van der Waals surface area contributed by atoms with Crippen LogP contribution >= 0.6 is 0 Å². The third kappa shape index (κ3) is 5.88. The van der Waals surface area contributed by atoms with Crippen molar-refractivity contribution in [1.82, 2.24) is 4.57 Å². The maximum Gasteiger partial charge on any atom is 0.143 e. The molecule has 9 aromatic carbocycles. The molecule has 0 radical (unpaired) electrons. The number of fused-ring (bicyclic) bond motifs is 7. The Kier molecular flexibility index (Phi) is 8.17. The van der Waals surface area contributed by atoms with Gasteiger partial charge in [0.1, 0.15) is 11.2 Å². The van der Waals surface area contributed by atoms with Crippen LogP contribution in [-0.4, -0.2) is 4.57 Å². The zero-order valence-electron chi connectivity index (χ0n) is 36.3. The first-order valence-corrected chi connectivity index (χ1v) is 23.7. The molecule has 65 heavy (non-hydrogen) atoms. The maximum atomic E-state index is 6.50. The van der Waals surface area contributed by atoms with E-state index in [1.807, 2.05) is 6.07 Å². The number of rotatable bonds is 7. The zero-order valence-corrected chi connectivity index (χ0v) is 36.3. The molecule has 4 aliphatic carbocycles. The first kappa shape index (κ1) is 37.1. The topological polar surface area (TPSA) is 21.3 Å². The van der Waals surface area contributed by atoms with E-state index in [0.717, 1.165) is 62.2 Å². The molecule has 4 fully saturated rings. The molecule has 4 bridgehead atoms. The van der Waals surface area contributed by atoms with E-state index >= 15 is 0 Å². The molecule has 4 aliphatic rings. The van der Waals surface area contributed by atoms with E-state index in [4.69, 9.17) is 4.42 Å². The minimum Gasteiger partial charge on any atom is -0.455 e. The van der Waals surface area contributed by atoms with Gasteiger partial charge in [-0.3, -0.25) is 0 Å². The molecule has 0 amide bonds. The van der Waals surface area contributed by atoms with Crippen molar-refractivity contribution in [2.45, 2.75) is 43.9 Å². The Morgan fingerprint density at radius 1 is 0.446 bits per heavy atom. The minimum atomic E-state index is 0.236. The van der Waals surface area contributed by atoms with Crippen LogP contribution in [0.15, 0.2) is 205 Å². The quantitative estimate of drug-likeness (QED) is 0.159. The van der Waals surface area contributed by atoms with Gasteiger partial charge in [0.05, 0.1) is 11.0 Å². The van der Waals surface area contributed by atoms with Crippen molar-refractivity contribution in [1.29, 1.82) is 0 Å². The van der Waals surface area contributed by atoms with Gasteiger partial charge in [-0.15, -0.1) is 0 Å². The van der Waals surface area contributed by atoms with E-state index in [1.54, 1.807) is 0 Å². The highest BCUT2D eigenvalue weighted by atomic mass is 16.3. The van der Waals surface area contributed by atoms with Gasteiger partial charge in [-0.25, -0.2) is 0 Å². The highest BCUT2D eigenvalue weighted by Gasteiger charge is 2.52. The Bertz CT molecular complexity index is 3610. The lowest BCUT2D eigenvalue weighted by Crippen LogP contribution is -2.48. The number of hydrogen-bond donors (Lipinski definition) is 0. The molecule has 0 aliphatic heterocycles. The van der Waals surface area contributed by atoms with Gasteiger partial charge in [0, 0.05) is 49.9 Å². The fourth-order valence-electron chi connectivity index (χ4n) is 13.3. The molecule has 3 heteroatoms. The maximum absolute atomic E-state index is 6.50. The van der Waals surface area contributed by atoms with Gasteiger partial charge in [-0.1, -0.05) is 133 Å². The van der Waals surface area contributed by atoms with Crippen molar-refractivity contribution in [2.24, 2.45) is 17.8 Å². The number of furan rings is 1. The van der Waals surface area contributed by atoms with E-state index in [9.17, 15) is 0 Å². The van der Waals surface area contributed by atoms with Crippen molar-refractivity contribution in [2.75, 3.05) is 4.90 Å². The molecular formula is C62H48N2O. The average molecular weight is 837 g/mol. The number of hydrogen-bond acceptors (Lipinski definition) is 2. The Morgan fingerprint density at radius 2 is 1.06 bits per heavy atom. The van der Waals surface area contributed by atoms with Crippen LogP contribution in [0.25, 0.3) is 82.5 Å². The van der Waals surface area contributed by atoms with E-state index < -0.39 is 0 Å². The summed E-state index contributed by atoms with van der Waals surface area (Å²) in [6, 6.07) is 74.1. The predicted octanol–water partition coefficient (Wildman–Crippen LogP) is 17.1. The van der Waals surface area contributed by atoms with Gasteiger partial charge in [0.25, 0.3) is 0 Å². The molecule has 0 unspecified atom stereocenters. The first-order valence-electron chi connectivity index (χ1n) is 23.7. The standard InChI is InChI=1S/C62H48N2O/c1-2-12-47-36-59-55(35-46(47)11-1)52-15-3-6-20-57(52)64(59)50-14-9-13-45(34-50)43-23-27-48(28-24-43)63(58-21-7-5-19-56(58)62-37-40-31-41(38-62)33-42(32-40)39-62)49-29-25-44(26-30-49)51-17-10-18-54-53-16-4-8-22-60(53)65-61(51)54/h1-30,34-36,40-42H,31-33,37-39H2. The van der Waals surface area contributed by atoms with Gasteiger partial charge in [0.15, 0.2) is 0 Å². The summed E-state index contributed by atoms with van der Waals surface area (Å²) in [4.78, 5) is 2.54. The van der Waals surface area contributed by atoms with Crippen LogP contribution in [0.5, 0.6) is 0 Å². The van der Waals surface area contributed by atoms with Gasteiger partial charge >= 0.3 is 0 Å². The number of nitrogens with zero attached hydrogens (tertiary/aromatic N) is 2. The second-order valence-corrected chi connectivity index (χ2v) is 19.5. The van der Waals surface area contributed by atoms with Crippen LogP contribution in [0.2, 0.25) is 0 Å². The summed E-state index contributed by atoms with van der Waals surface area (Å²) in [5.74, 6) is 2.58. The molecule has 0 saturated heterocycles. The van der Waals surface area contributed by atoms with Crippen molar-refractivity contribution >= 4 is 71.6 Å². The highest BCUT2D eigenvalue weighted by molar-refractivity contribution is 6.14. The molecule has 2 aromatic heterocycles. The monoisotopic (exact) mass is 836 g/mol. The molecule has 15 rings (SSSR count). The molecule has 0 N–H and O–H groups in total. The van der Waals surface area contributed by atoms with Crippen molar-refractivity contribution < 1.29 is 4.42 Å². The lowest BCUT2D eigenvalue weighted by molar-refractivity contribution is -0.00491. The van der Waals surface area contributed by atoms with Gasteiger partial charge < -0.3 is 13.9 Å². The van der Waals surface area contributed by atoms with E-state index in [-0.39, 0.29) is 5.41 Å². The smallest absolute Gasteiger partial charge is 0.143 e. The lowest BCUT2D eigenvalue weighted by atomic mass is 9.48. The fraction of sp³-hybridized carbons (Fsp3) is 0.161. The van der Waals surface area contributed by atoms with Gasteiger partial charge in [-0.05, 0) is 161 Å². The largest absolute Gasteiger partial charge is 0.455 e. The van der Waals surface area contributed by atoms with Crippen molar-refractivity contribution in [3.63, 3.8) is 0 Å². The van der Waals surface area contributed by atoms with E-state index in [1.165, 1.54) is 99.2 Å². The predicted molar refractivity (Wildman–Crippen MR) is 271 cm³/mol. The van der Waals surface area contributed by atoms with Crippen molar-refractivity contribution in [3.8, 4) is 27.9 Å². The molecule has 2 heterocycles. The average Bonchev–Trinajstić information content (AvgIpc) is 3.89. The Balaban J connectivity index is 0.877. The third-order valence-electron chi connectivity index (χ3n) is 15.7. The molecule has 0 atom stereocenters. The first-order chi connectivity index (χ1) is 32.1. The van der Waals surface area contributed by atoms with Crippen LogP contribution < -0.4 is 4.90 Å². The summed E-state index contributed by atoms with van der Waals surface area (Å²) < 4.78 is 8.95. The number of benzene rings is 9. The van der Waals surface area contributed by atoms with Crippen LogP contribution in [0, 0.1) is 17.8 Å². The summed E-state index contributed by atoms with van der Waals surface area (Å²) in [7, 11) is 0. The van der Waals surface area contributed by atoms with Crippen molar-refractivity contribution in [3.05, 3.63) is 206 Å². The van der Waals surface area contributed by atoms with Crippen LogP contribution in [0.3, 0.4) is 0 Å². The second kappa shape index (κ2) is 14.3. The summed E-state index contributed by atoms with van der Waals surface area (Å²) in [6.45, 7) is 0. The molecular weight excluding hydrogens is 789 g/mol. The number of anilines is 3. The second-order valence-electron chi connectivity index (χ2n) is 19.5. The molecule has 3 nitrogen and oxygen atoms in total. The Morgan fingerprint density at radius 3 is 1.83 bits per heavy atom. The SMILES string of the molecule is c1cc(-c2ccc(N(c3ccc(-c4cccc5c4oc4ccccc45)cc3)c3ccccc3C34CC5CC(CC(C5)C3)C4)cc2)cc(-n2c3ccccc3c3cc4ccccc4cc32)c1. The van der Waals surface area contributed by atoms with Crippen LogP contribution in [0.1, 0.15) is 44.1 Å². The third-order valence-corrected chi connectivity index (χ3v) is 15.7. The molecule has 312 valence electrons. The van der Waals surface area contributed by atoms with Gasteiger partial charge in [0.2, 0.25) is 0 Å². The summed E-state index contributed by atoms with van der Waals surface area (Å²) in [6.07, 6.45) is 8.26. The normalized spacial score (nSPS) is 20.2. The molecule has 4 saturated carbocycles. The highest BCUT2D eigenvalue weighted by Crippen LogP contribution is 2.62.